The van der Waals surface area contributed by atoms with Crippen LogP contribution in [0.5, 0.6) is 0 Å². The van der Waals surface area contributed by atoms with E-state index < -0.39 is 97.5 Å². The first-order valence-corrected chi connectivity index (χ1v) is 43.0. The molecular formula is C77H150O17P2. The van der Waals surface area contributed by atoms with Crippen LogP contribution in [-0.4, -0.2) is 96.7 Å². The van der Waals surface area contributed by atoms with Crippen LogP contribution < -0.4 is 0 Å². The summed E-state index contributed by atoms with van der Waals surface area (Å²) in [6.45, 7) is 9.64. The van der Waals surface area contributed by atoms with E-state index in [1.165, 1.54) is 218 Å². The fourth-order valence-electron chi connectivity index (χ4n) is 11.8. The van der Waals surface area contributed by atoms with E-state index >= 15 is 0 Å². The Bertz CT molecular complexity index is 1860. The van der Waals surface area contributed by atoms with E-state index in [1.54, 1.807) is 0 Å². The molecule has 0 amide bonds. The molecule has 0 spiro atoms. The molecule has 0 saturated carbocycles. The largest absolute Gasteiger partial charge is 0.472 e. The van der Waals surface area contributed by atoms with Gasteiger partial charge in [0, 0.05) is 25.7 Å². The van der Waals surface area contributed by atoms with Crippen molar-refractivity contribution in [2.75, 3.05) is 39.6 Å². The molecule has 0 rings (SSSR count). The Hall–Kier alpha value is -1.94. The zero-order valence-electron chi connectivity index (χ0n) is 62.7. The van der Waals surface area contributed by atoms with Gasteiger partial charge in [-0.25, -0.2) is 9.13 Å². The van der Waals surface area contributed by atoms with Crippen LogP contribution in [0.3, 0.4) is 0 Å². The van der Waals surface area contributed by atoms with Crippen LogP contribution in [0.2, 0.25) is 0 Å². The molecule has 0 bridgehead atoms. The van der Waals surface area contributed by atoms with Gasteiger partial charge in [0.25, 0.3) is 0 Å². The Balaban J connectivity index is 5.18. The minimum atomic E-state index is -4.96. The SMILES string of the molecule is CCCCCCCCCCCCCCC(=O)O[C@H](COC(=O)CCCCCCCCCCCC)COP(=O)(O)OC[C@H](O)COP(=O)(O)OC[C@@H](COC(=O)CCCCCCCCCCCC(C)C)OC(=O)CCCCCCCCCCCCCCCCCCCCC(C)CC. The van der Waals surface area contributed by atoms with Gasteiger partial charge in [0.2, 0.25) is 0 Å². The number of hydrogen-bond donors (Lipinski definition) is 3. The minimum absolute atomic E-state index is 0.107. The zero-order valence-corrected chi connectivity index (χ0v) is 64.5. The number of phosphoric ester groups is 2. The van der Waals surface area contributed by atoms with Crippen LogP contribution in [0.15, 0.2) is 0 Å². The van der Waals surface area contributed by atoms with E-state index in [1.807, 2.05) is 0 Å². The molecule has 0 aromatic carbocycles. The molecule has 0 aliphatic rings. The lowest BCUT2D eigenvalue weighted by molar-refractivity contribution is -0.161. The van der Waals surface area contributed by atoms with Crippen molar-refractivity contribution in [1.29, 1.82) is 0 Å². The third kappa shape index (κ3) is 69.2. The summed E-state index contributed by atoms with van der Waals surface area (Å²) in [6, 6.07) is 0. The molecule has 0 aliphatic carbocycles. The Kier molecular flexibility index (Phi) is 67.4. The van der Waals surface area contributed by atoms with Gasteiger partial charge in [-0.05, 0) is 37.5 Å². The van der Waals surface area contributed by atoms with Crippen molar-refractivity contribution in [1.82, 2.24) is 0 Å². The van der Waals surface area contributed by atoms with E-state index in [-0.39, 0.29) is 25.7 Å². The number of hydrogen-bond acceptors (Lipinski definition) is 15. The fraction of sp³-hybridized carbons (Fsp3) is 0.948. The quantitative estimate of drug-likeness (QED) is 0.0222. The first kappa shape index (κ1) is 94.1. The van der Waals surface area contributed by atoms with Gasteiger partial charge < -0.3 is 33.8 Å². The summed E-state index contributed by atoms with van der Waals surface area (Å²) >= 11 is 0. The molecule has 19 heteroatoms. The van der Waals surface area contributed by atoms with Crippen molar-refractivity contribution >= 4 is 39.5 Å². The molecular weight excluding hydrogens is 1260 g/mol. The van der Waals surface area contributed by atoms with Gasteiger partial charge in [0.15, 0.2) is 12.2 Å². The average molecular weight is 1410 g/mol. The number of esters is 4. The minimum Gasteiger partial charge on any atom is -0.462 e. The number of rotatable bonds is 76. The van der Waals surface area contributed by atoms with Crippen LogP contribution in [0.25, 0.3) is 0 Å². The Morgan fingerprint density at radius 1 is 0.302 bits per heavy atom. The van der Waals surface area contributed by atoms with Crippen molar-refractivity contribution in [3.05, 3.63) is 0 Å². The van der Waals surface area contributed by atoms with E-state index in [0.717, 1.165) is 102 Å². The molecule has 17 nitrogen and oxygen atoms in total. The number of ether oxygens (including phenoxy) is 4. The van der Waals surface area contributed by atoms with Crippen LogP contribution in [0.4, 0.5) is 0 Å². The van der Waals surface area contributed by atoms with Gasteiger partial charge in [-0.1, -0.05) is 350 Å². The van der Waals surface area contributed by atoms with Crippen molar-refractivity contribution < 1.29 is 80.2 Å². The molecule has 0 aromatic rings. The van der Waals surface area contributed by atoms with E-state index in [4.69, 9.17) is 37.0 Å². The normalized spacial score (nSPS) is 14.3. The van der Waals surface area contributed by atoms with Gasteiger partial charge in [0.05, 0.1) is 26.4 Å². The number of carbonyl (C=O) groups is 4. The van der Waals surface area contributed by atoms with Gasteiger partial charge in [-0.2, -0.15) is 0 Å². The maximum atomic E-state index is 13.1. The maximum absolute atomic E-state index is 13.1. The highest BCUT2D eigenvalue weighted by Crippen LogP contribution is 2.45. The highest BCUT2D eigenvalue weighted by atomic mass is 31.2. The topological polar surface area (TPSA) is 237 Å². The summed E-state index contributed by atoms with van der Waals surface area (Å²) in [6.07, 6.45) is 56.8. The van der Waals surface area contributed by atoms with Crippen LogP contribution in [0, 0.1) is 11.8 Å². The predicted molar refractivity (Wildman–Crippen MR) is 391 cm³/mol. The Labute approximate surface area is 588 Å². The molecule has 96 heavy (non-hydrogen) atoms. The Morgan fingerprint density at radius 2 is 0.531 bits per heavy atom. The van der Waals surface area contributed by atoms with Crippen LogP contribution >= 0.6 is 15.6 Å². The highest BCUT2D eigenvalue weighted by Gasteiger charge is 2.30. The molecule has 3 unspecified atom stereocenters. The van der Waals surface area contributed by atoms with Crippen molar-refractivity contribution in [3.63, 3.8) is 0 Å². The van der Waals surface area contributed by atoms with Crippen molar-refractivity contribution in [3.8, 4) is 0 Å². The lowest BCUT2D eigenvalue weighted by Gasteiger charge is -2.21. The second-order valence-corrected chi connectivity index (χ2v) is 31.4. The molecule has 0 heterocycles. The summed E-state index contributed by atoms with van der Waals surface area (Å²) in [5, 5.41) is 10.6. The fourth-order valence-corrected chi connectivity index (χ4v) is 13.4. The lowest BCUT2D eigenvalue weighted by Crippen LogP contribution is -2.30. The second kappa shape index (κ2) is 68.8. The first-order chi connectivity index (χ1) is 46.4. The summed E-state index contributed by atoms with van der Waals surface area (Å²) in [7, 11) is -9.91. The summed E-state index contributed by atoms with van der Waals surface area (Å²) in [5.74, 6) is -0.500. The summed E-state index contributed by atoms with van der Waals surface area (Å²) in [5.41, 5.74) is 0. The van der Waals surface area contributed by atoms with Crippen LogP contribution in [-0.2, 0) is 65.4 Å². The van der Waals surface area contributed by atoms with Gasteiger partial charge in [-0.3, -0.25) is 37.3 Å². The number of unbranched alkanes of at least 4 members (excludes halogenated alkanes) is 45. The second-order valence-electron chi connectivity index (χ2n) is 28.5. The Morgan fingerprint density at radius 3 is 0.792 bits per heavy atom. The number of aliphatic hydroxyl groups is 1. The van der Waals surface area contributed by atoms with Gasteiger partial charge in [-0.15, -0.1) is 0 Å². The third-order valence-corrected chi connectivity index (χ3v) is 20.2. The lowest BCUT2D eigenvalue weighted by atomic mass is 9.99. The maximum Gasteiger partial charge on any atom is 0.472 e. The molecule has 570 valence electrons. The monoisotopic (exact) mass is 1410 g/mol. The molecule has 0 fully saturated rings. The number of phosphoric acid groups is 2. The smallest absolute Gasteiger partial charge is 0.462 e. The third-order valence-electron chi connectivity index (χ3n) is 18.3. The molecule has 6 atom stereocenters. The zero-order chi connectivity index (χ0) is 70.7. The number of carbonyl (C=O) groups excluding carboxylic acids is 4. The van der Waals surface area contributed by atoms with Crippen LogP contribution in [0.1, 0.15) is 401 Å². The van der Waals surface area contributed by atoms with E-state index in [9.17, 15) is 43.2 Å². The first-order valence-electron chi connectivity index (χ1n) is 40.0. The summed E-state index contributed by atoms with van der Waals surface area (Å²) < 4.78 is 68.5. The highest BCUT2D eigenvalue weighted by molar-refractivity contribution is 7.47. The summed E-state index contributed by atoms with van der Waals surface area (Å²) in [4.78, 5) is 72.8. The predicted octanol–water partition coefficient (Wildman–Crippen LogP) is 22.7. The molecule has 0 aliphatic heterocycles. The number of aliphatic hydroxyl groups excluding tert-OH is 1. The molecule has 0 saturated heterocycles. The van der Waals surface area contributed by atoms with Crippen molar-refractivity contribution in [2.45, 2.75) is 419 Å². The van der Waals surface area contributed by atoms with E-state index in [2.05, 4.69) is 41.5 Å². The van der Waals surface area contributed by atoms with Gasteiger partial charge in [0.1, 0.15) is 19.3 Å². The van der Waals surface area contributed by atoms with Gasteiger partial charge >= 0.3 is 39.5 Å². The van der Waals surface area contributed by atoms with E-state index in [0.29, 0.717) is 25.7 Å². The molecule has 0 aromatic heterocycles. The molecule has 3 N–H and O–H groups in total. The molecule has 0 radical (unpaired) electrons. The average Bonchev–Trinajstić information content (AvgIpc) is 2.34. The standard InChI is InChI=1S/C77H150O17P2/c1-7-10-12-14-16-18-20-30-36-43-49-55-61-76(81)93-72(65-87-74(79)59-53-47-41-35-19-17-15-13-11-8-2)67-91-95(83,84)89-63-71(78)64-90-96(85,86)92-68-73(66-88-75(80)60-54-48-42-38-32-33-39-45-51-57-69(4)5)94-77(82)62-56-50-44-37-31-28-26-24-22-21-23-25-27-29-34-40-46-52-58-70(6)9-3/h69-73,78H,7-68H2,1-6H3,(H,83,84)(H,85,86)/t70?,71-,72+,73+/m0/s1. The van der Waals surface area contributed by atoms with Crippen molar-refractivity contribution in [2.24, 2.45) is 11.8 Å².